The number of fused-ring (bicyclic) bond motifs is 1. The molecule has 2 aromatic rings. The maximum absolute atomic E-state index is 9.21. The predicted molar refractivity (Wildman–Crippen MR) is 72.9 cm³/mol. The number of nitriles is 1. The van der Waals surface area contributed by atoms with Crippen molar-refractivity contribution in [2.45, 2.75) is 38.3 Å². The Bertz CT molecular complexity index is 665. The first-order chi connectivity index (χ1) is 9.12. The van der Waals surface area contributed by atoms with Gasteiger partial charge in [-0.3, -0.25) is 0 Å². The molecule has 0 N–H and O–H groups in total. The van der Waals surface area contributed by atoms with E-state index in [-0.39, 0.29) is 5.41 Å². The van der Waals surface area contributed by atoms with Crippen LogP contribution < -0.4 is 0 Å². The van der Waals surface area contributed by atoms with Crippen LogP contribution in [0.2, 0.25) is 0 Å². The summed E-state index contributed by atoms with van der Waals surface area (Å²) in [4.78, 5) is 8.79. The second kappa shape index (κ2) is 4.49. The molecule has 1 fully saturated rings. The Hall–Kier alpha value is -1.61. The van der Waals surface area contributed by atoms with Gasteiger partial charge in [0.25, 0.3) is 5.78 Å². The first kappa shape index (κ1) is 12.4. The van der Waals surface area contributed by atoms with Crippen LogP contribution in [0.25, 0.3) is 5.78 Å². The fourth-order valence-corrected chi connectivity index (χ4v) is 3.35. The van der Waals surface area contributed by atoms with Crippen molar-refractivity contribution in [3.8, 4) is 6.07 Å². The first-order valence-corrected chi connectivity index (χ1v) is 7.36. The van der Waals surface area contributed by atoms with Gasteiger partial charge in [0.15, 0.2) is 0 Å². The van der Waals surface area contributed by atoms with Crippen molar-refractivity contribution in [2.24, 2.45) is 5.41 Å². The third kappa shape index (κ3) is 2.19. The van der Waals surface area contributed by atoms with Gasteiger partial charge in [0.05, 0.1) is 11.5 Å². The van der Waals surface area contributed by atoms with Gasteiger partial charge in [0, 0.05) is 17.1 Å². The number of hydrogen-bond donors (Lipinski definition) is 0. The normalized spacial score (nSPS) is 17.1. The van der Waals surface area contributed by atoms with Crippen LogP contribution in [0.4, 0.5) is 0 Å². The molecule has 2 heterocycles. The minimum Gasteiger partial charge on any atom is -0.216 e. The monoisotopic (exact) mass is 273 g/mol. The molecule has 98 valence electrons. The predicted octanol–water partition coefficient (Wildman–Crippen LogP) is 2.53. The van der Waals surface area contributed by atoms with Crippen LogP contribution in [0.3, 0.4) is 0 Å². The summed E-state index contributed by atoms with van der Waals surface area (Å²) in [7, 11) is 0. The molecule has 2 aromatic heterocycles. The molecule has 0 bridgehead atoms. The number of aromatic nitrogens is 4. The molecule has 19 heavy (non-hydrogen) atoms. The van der Waals surface area contributed by atoms with Crippen LogP contribution in [0.15, 0.2) is 11.2 Å². The van der Waals surface area contributed by atoms with Gasteiger partial charge in [-0.25, -0.2) is 9.50 Å². The van der Waals surface area contributed by atoms with Crippen molar-refractivity contribution in [1.29, 1.82) is 5.26 Å². The Balaban J connectivity index is 1.82. The number of hydrogen-bond acceptors (Lipinski definition) is 5. The molecule has 0 radical (unpaired) electrons. The molecule has 3 rings (SSSR count). The van der Waals surface area contributed by atoms with Crippen molar-refractivity contribution in [3.05, 3.63) is 17.5 Å². The molecule has 0 unspecified atom stereocenters. The van der Waals surface area contributed by atoms with Crippen LogP contribution in [-0.4, -0.2) is 25.3 Å². The fourth-order valence-electron chi connectivity index (χ4n) is 2.30. The Morgan fingerprint density at radius 3 is 2.84 bits per heavy atom. The summed E-state index contributed by atoms with van der Waals surface area (Å²) in [6.07, 6.45) is 3.16. The van der Waals surface area contributed by atoms with Gasteiger partial charge in [-0.1, -0.05) is 18.2 Å². The molecule has 0 saturated heterocycles. The molecule has 5 nitrogen and oxygen atoms in total. The SMILES string of the molecule is Cc1cc(C)n2nc(SCC3(C#N)CCC3)nc2n1. The number of nitrogens with zero attached hydrogens (tertiary/aromatic N) is 5. The molecular formula is C13H15N5S. The smallest absolute Gasteiger partial charge is 0.216 e. The van der Waals surface area contributed by atoms with Crippen molar-refractivity contribution in [2.75, 3.05) is 5.75 Å². The van der Waals surface area contributed by atoms with E-state index in [9.17, 15) is 5.26 Å². The highest BCUT2D eigenvalue weighted by molar-refractivity contribution is 7.99. The van der Waals surface area contributed by atoms with E-state index in [0.717, 1.165) is 36.4 Å². The molecule has 0 aliphatic heterocycles. The first-order valence-electron chi connectivity index (χ1n) is 6.37. The van der Waals surface area contributed by atoms with Gasteiger partial charge in [0.1, 0.15) is 0 Å². The summed E-state index contributed by atoms with van der Waals surface area (Å²) < 4.78 is 1.76. The van der Waals surface area contributed by atoms with Crippen LogP contribution in [-0.2, 0) is 0 Å². The minimum atomic E-state index is -0.152. The Morgan fingerprint density at radius 1 is 1.42 bits per heavy atom. The van der Waals surface area contributed by atoms with Gasteiger partial charge < -0.3 is 0 Å². The highest BCUT2D eigenvalue weighted by atomic mass is 32.2. The van der Waals surface area contributed by atoms with E-state index < -0.39 is 0 Å². The maximum Gasteiger partial charge on any atom is 0.253 e. The largest absolute Gasteiger partial charge is 0.253 e. The lowest BCUT2D eigenvalue weighted by atomic mass is 9.72. The van der Waals surface area contributed by atoms with E-state index >= 15 is 0 Å². The van der Waals surface area contributed by atoms with E-state index in [1.54, 1.807) is 16.3 Å². The van der Waals surface area contributed by atoms with Crippen molar-refractivity contribution < 1.29 is 0 Å². The Morgan fingerprint density at radius 2 is 2.21 bits per heavy atom. The zero-order valence-corrected chi connectivity index (χ0v) is 11.9. The Kier molecular flexibility index (Phi) is 2.94. The summed E-state index contributed by atoms with van der Waals surface area (Å²) in [6, 6.07) is 4.43. The third-order valence-electron chi connectivity index (χ3n) is 3.62. The quantitative estimate of drug-likeness (QED) is 0.804. The second-order valence-electron chi connectivity index (χ2n) is 5.18. The van der Waals surface area contributed by atoms with E-state index in [1.165, 1.54) is 0 Å². The molecular weight excluding hydrogens is 258 g/mol. The zero-order chi connectivity index (χ0) is 13.5. The van der Waals surface area contributed by atoms with Gasteiger partial charge in [-0.05, 0) is 32.8 Å². The highest BCUT2D eigenvalue weighted by Crippen LogP contribution is 2.43. The number of rotatable bonds is 3. The summed E-state index contributed by atoms with van der Waals surface area (Å²) in [6.45, 7) is 3.95. The number of aryl methyl sites for hydroxylation is 2. The molecule has 1 aliphatic carbocycles. The molecule has 6 heteroatoms. The lowest BCUT2D eigenvalue weighted by Gasteiger charge is -2.34. The summed E-state index contributed by atoms with van der Waals surface area (Å²) in [5.74, 6) is 1.41. The summed E-state index contributed by atoms with van der Waals surface area (Å²) in [5.41, 5.74) is 1.82. The average molecular weight is 273 g/mol. The number of thioether (sulfide) groups is 1. The lowest BCUT2D eigenvalue weighted by molar-refractivity contribution is 0.251. The van der Waals surface area contributed by atoms with E-state index in [2.05, 4.69) is 21.1 Å². The van der Waals surface area contributed by atoms with Gasteiger partial charge in [0.2, 0.25) is 5.16 Å². The van der Waals surface area contributed by atoms with Gasteiger partial charge in [-0.2, -0.15) is 10.2 Å². The molecule has 1 aliphatic rings. The second-order valence-corrected chi connectivity index (χ2v) is 6.12. The topological polar surface area (TPSA) is 66.9 Å². The highest BCUT2D eigenvalue weighted by Gasteiger charge is 2.37. The molecule has 0 spiro atoms. The molecule has 0 atom stereocenters. The standard InChI is InChI=1S/C13H15N5S/c1-9-6-10(2)18-11(15-9)16-12(17-18)19-8-13(7-14)4-3-5-13/h6H,3-5,8H2,1-2H3. The van der Waals surface area contributed by atoms with Crippen molar-refractivity contribution >= 4 is 17.5 Å². The molecule has 0 amide bonds. The van der Waals surface area contributed by atoms with Crippen LogP contribution in [0, 0.1) is 30.6 Å². The van der Waals surface area contributed by atoms with Crippen molar-refractivity contribution in [3.63, 3.8) is 0 Å². The Labute approximate surface area is 116 Å². The molecule has 0 aromatic carbocycles. The zero-order valence-electron chi connectivity index (χ0n) is 11.1. The van der Waals surface area contributed by atoms with Crippen molar-refractivity contribution in [1.82, 2.24) is 19.6 Å². The van der Waals surface area contributed by atoms with E-state index in [4.69, 9.17) is 0 Å². The lowest BCUT2D eigenvalue weighted by Crippen LogP contribution is -2.30. The molecule has 1 saturated carbocycles. The maximum atomic E-state index is 9.21. The van der Waals surface area contributed by atoms with Crippen LogP contribution in [0.5, 0.6) is 0 Å². The third-order valence-corrected chi connectivity index (χ3v) is 4.75. The minimum absolute atomic E-state index is 0.152. The summed E-state index contributed by atoms with van der Waals surface area (Å²) in [5, 5.41) is 14.4. The summed E-state index contributed by atoms with van der Waals surface area (Å²) >= 11 is 1.56. The van der Waals surface area contributed by atoms with E-state index in [0.29, 0.717) is 10.9 Å². The van der Waals surface area contributed by atoms with Gasteiger partial charge >= 0.3 is 0 Å². The average Bonchev–Trinajstić information content (AvgIpc) is 2.71. The van der Waals surface area contributed by atoms with Crippen LogP contribution in [0.1, 0.15) is 30.7 Å². The van der Waals surface area contributed by atoms with Gasteiger partial charge in [-0.15, -0.1) is 5.10 Å². The van der Waals surface area contributed by atoms with E-state index in [1.807, 2.05) is 19.9 Å². The fraction of sp³-hybridized carbons (Fsp3) is 0.538. The van der Waals surface area contributed by atoms with Crippen LogP contribution >= 0.6 is 11.8 Å².